The Hall–Kier alpha value is -0.610. The number of likely N-dealkylation sites (N-methyl/N-ethyl adjacent to an activating group) is 1. The molecule has 102 valence electrons. The van der Waals surface area contributed by atoms with Crippen LogP contribution in [0.25, 0.3) is 0 Å². The molecule has 17 heavy (non-hydrogen) atoms. The number of hydrogen-bond donors (Lipinski definition) is 2. The fourth-order valence-corrected chi connectivity index (χ4v) is 1.72. The number of carbonyl (C=O) groups is 1. The van der Waals surface area contributed by atoms with Crippen molar-refractivity contribution < 1.29 is 4.79 Å². The Kier molecular flexibility index (Phi) is 9.09. The van der Waals surface area contributed by atoms with Crippen molar-refractivity contribution >= 4 is 5.91 Å². The fraction of sp³-hybridized carbons (Fsp3) is 0.923. The molecular formula is C13H29N3O. The maximum absolute atomic E-state index is 11.9. The third kappa shape index (κ3) is 7.34. The lowest BCUT2D eigenvalue weighted by Gasteiger charge is -2.26. The monoisotopic (exact) mass is 243 g/mol. The number of hydrogen-bond acceptors (Lipinski definition) is 3. The maximum Gasteiger partial charge on any atom is 0.237 e. The molecule has 1 amide bonds. The highest BCUT2D eigenvalue weighted by atomic mass is 16.2. The van der Waals surface area contributed by atoms with Crippen LogP contribution in [0.3, 0.4) is 0 Å². The normalized spacial score (nSPS) is 13.1. The van der Waals surface area contributed by atoms with Gasteiger partial charge in [-0.3, -0.25) is 9.69 Å². The Morgan fingerprint density at radius 2 is 2.00 bits per heavy atom. The van der Waals surface area contributed by atoms with Gasteiger partial charge in [-0.2, -0.15) is 0 Å². The fourth-order valence-electron chi connectivity index (χ4n) is 1.72. The minimum absolute atomic E-state index is 0.0567. The van der Waals surface area contributed by atoms with Gasteiger partial charge in [0.1, 0.15) is 0 Å². The average Bonchev–Trinajstić information content (AvgIpc) is 2.29. The molecule has 0 aliphatic carbocycles. The molecule has 0 aromatic carbocycles. The zero-order chi connectivity index (χ0) is 13.3. The third-order valence-electron chi connectivity index (χ3n) is 3.00. The highest BCUT2D eigenvalue weighted by Gasteiger charge is 2.18. The Morgan fingerprint density at radius 3 is 2.47 bits per heavy atom. The van der Waals surface area contributed by atoms with E-state index in [1.807, 2.05) is 6.92 Å². The predicted molar refractivity (Wildman–Crippen MR) is 72.8 cm³/mol. The molecule has 3 N–H and O–H groups in total. The first-order valence-corrected chi connectivity index (χ1v) is 6.74. The largest absolute Gasteiger partial charge is 0.355 e. The molecule has 0 aromatic heterocycles. The summed E-state index contributed by atoms with van der Waals surface area (Å²) in [6.07, 6.45) is 1.98. The summed E-state index contributed by atoms with van der Waals surface area (Å²) in [5.41, 5.74) is 5.49. The Bertz CT molecular complexity index is 207. The van der Waals surface area contributed by atoms with Gasteiger partial charge in [0.25, 0.3) is 0 Å². The first kappa shape index (κ1) is 16.4. The lowest BCUT2D eigenvalue weighted by Crippen LogP contribution is -2.46. The molecule has 1 unspecified atom stereocenters. The topological polar surface area (TPSA) is 58.4 Å². The van der Waals surface area contributed by atoms with Crippen LogP contribution in [0.1, 0.15) is 40.5 Å². The van der Waals surface area contributed by atoms with Gasteiger partial charge in [-0.25, -0.2) is 0 Å². The van der Waals surface area contributed by atoms with Crippen molar-refractivity contribution in [2.45, 2.75) is 46.6 Å². The smallest absolute Gasteiger partial charge is 0.237 e. The average molecular weight is 243 g/mol. The second-order valence-corrected chi connectivity index (χ2v) is 4.92. The van der Waals surface area contributed by atoms with Crippen molar-refractivity contribution in [1.29, 1.82) is 0 Å². The summed E-state index contributed by atoms with van der Waals surface area (Å²) in [6, 6.07) is -0.0567. The Morgan fingerprint density at radius 1 is 1.35 bits per heavy atom. The van der Waals surface area contributed by atoms with Crippen LogP contribution in [0.2, 0.25) is 0 Å². The molecule has 0 fully saturated rings. The SMILES string of the molecule is CCN(CCCN)C(C)C(=O)NCCC(C)C. The summed E-state index contributed by atoms with van der Waals surface area (Å²) in [5, 5.41) is 2.99. The lowest BCUT2D eigenvalue weighted by molar-refractivity contribution is -0.125. The van der Waals surface area contributed by atoms with Crippen LogP contribution >= 0.6 is 0 Å². The molecule has 0 rings (SSSR count). The van der Waals surface area contributed by atoms with Crippen LogP contribution in [-0.4, -0.2) is 43.0 Å². The van der Waals surface area contributed by atoms with Crippen LogP contribution in [-0.2, 0) is 4.79 Å². The van der Waals surface area contributed by atoms with E-state index < -0.39 is 0 Å². The van der Waals surface area contributed by atoms with E-state index in [1.54, 1.807) is 0 Å². The predicted octanol–water partition coefficient (Wildman–Crippen LogP) is 1.21. The maximum atomic E-state index is 11.9. The van der Waals surface area contributed by atoms with E-state index in [0.717, 1.165) is 32.5 Å². The number of nitrogens with two attached hydrogens (primary N) is 1. The first-order valence-electron chi connectivity index (χ1n) is 6.74. The van der Waals surface area contributed by atoms with E-state index in [2.05, 4.69) is 31.0 Å². The van der Waals surface area contributed by atoms with E-state index in [4.69, 9.17) is 5.73 Å². The number of amides is 1. The van der Waals surface area contributed by atoms with Crippen LogP contribution in [0.15, 0.2) is 0 Å². The zero-order valence-corrected chi connectivity index (χ0v) is 11.8. The molecule has 0 saturated heterocycles. The molecule has 0 heterocycles. The third-order valence-corrected chi connectivity index (χ3v) is 3.00. The molecule has 4 nitrogen and oxygen atoms in total. The second kappa shape index (κ2) is 9.42. The van der Waals surface area contributed by atoms with Crippen LogP contribution < -0.4 is 11.1 Å². The van der Waals surface area contributed by atoms with Crippen molar-refractivity contribution in [3.05, 3.63) is 0 Å². The summed E-state index contributed by atoms with van der Waals surface area (Å²) in [6.45, 7) is 11.6. The van der Waals surface area contributed by atoms with Gasteiger partial charge in [-0.15, -0.1) is 0 Å². The zero-order valence-electron chi connectivity index (χ0n) is 11.8. The highest BCUT2D eigenvalue weighted by molar-refractivity contribution is 5.81. The molecule has 1 atom stereocenters. The second-order valence-electron chi connectivity index (χ2n) is 4.92. The minimum atomic E-state index is -0.0567. The molecule has 0 bridgehead atoms. The van der Waals surface area contributed by atoms with Gasteiger partial charge < -0.3 is 11.1 Å². The van der Waals surface area contributed by atoms with Gasteiger partial charge >= 0.3 is 0 Å². The molecule has 0 aromatic rings. The van der Waals surface area contributed by atoms with E-state index in [9.17, 15) is 4.79 Å². The quantitative estimate of drug-likeness (QED) is 0.640. The molecule has 4 heteroatoms. The van der Waals surface area contributed by atoms with Gasteiger partial charge in [-0.05, 0) is 38.8 Å². The van der Waals surface area contributed by atoms with Crippen molar-refractivity contribution in [2.75, 3.05) is 26.2 Å². The van der Waals surface area contributed by atoms with E-state index >= 15 is 0 Å². The summed E-state index contributed by atoms with van der Waals surface area (Å²) in [4.78, 5) is 14.1. The molecule has 0 aliphatic rings. The molecule has 0 radical (unpaired) electrons. The van der Waals surface area contributed by atoms with Crippen LogP contribution in [0.5, 0.6) is 0 Å². The van der Waals surface area contributed by atoms with Crippen molar-refractivity contribution in [3.8, 4) is 0 Å². The lowest BCUT2D eigenvalue weighted by atomic mass is 10.1. The first-order chi connectivity index (χ1) is 8.02. The van der Waals surface area contributed by atoms with Crippen molar-refractivity contribution in [1.82, 2.24) is 10.2 Å². The summed E-state index contributed by atoms with van der Waals surface area (Å²) < 4.78 is 0. The molecule has 0 spiro atoms. The number of nitrogens with one attached hydrogen (secondary N) is 1. The minimum Gasteiger partial charge on any atom is -0.355 e. The molecule has 0 saturated carbocycles. The summed E-state index contributed by atoms with van der Waals surface area (Å²) >= 11 is 0. The van der Waals surface area contributed by atoms with Gasteiger partial charge in [-0.1, -0.05) is 20.8 Å². The van der Waals surface area contributed by atoms with Gasteiger partial charge in [0.2, 0.25) is 5.91 Å². The molecule has 0 aliphatic heterocycles. The van der Waals surface area contributed by atoms with Crippen LogP contribution in [0.4, 0.5) is 0 Å². The van der Waals surface area contributed by atoms with Gasteiger partial charge in [0.15, 0.2) is 0 Å². The number of rotatable bonds is 9. The van der Waals surface area contributed by atoms with Gasteiger partial charge in [0, 0.05) is 13.1 Å². The van der Waals surface area contributed by atoms with Gasteiger partial charge in [0.05, 0.1) is 6.04 Å². The van der Waals surface area contributed by atoms with Crippen LogP contribution in [0, 0.1) is 5.92 Å². The molecular weight excluding hydrogens is 214 g/mol. The van der Waals surface area contributed by atoms with Crippen molar-refractivity contribution in [3.63, 3.8) is 0 Å². The summed E-state index contributed by atoms with van der Waals surface area (Å²) in [7, 11) is 0. The van der Waals surface area contributed by atoms with Crippen molar-refractivity contribution in [2.24, 2.45) is 11.7 Å². The Labute approximate surface area is 106 Å². The standard InChI is InChI=1S/C13H29N3O/c1-5-16(10-6-8-14)12(4)13(17)15-9-7-11(2)3/h11-12H,5-10,14H2,1-4H3,(H,15,17). The Balaban J connectivity index is 3.98. The highest BCUT2D eigenvalue weighted by Crippen LogP contribution is 2.01. The van der Waals surface area contributed by atoms with E-state index in [1.165, 1.54) is 0 Å². The number of nitrogens with zero attached hydrogens (tertiary/aromatic N) is 1. The van der Waals surface area contributed by atoms with E-state index in [0.29, 0.717) is 12.5 Å². The van der Waals surface area contributed by atoms with E-state index in [-0.39, 0.29) is 11.9 Å². The summed E-state index contributed by atoms with van der Waals surface area (Å²) in [5.74, 6) is 0.759. The number of carbonyl (C=O) groups excluding carboxylic acids is 1.